The number of nitrogens with two attached hydrogens (primary N) is 2. The average molecular weight is 232 g/mol. The lowest BCUT2D eigenvalue weighted by Gasteiger charge is -2.23. The van der Waals surface area contributed by atoms with Crippen molar-refractivity contribution >= 4 is 5.97 Å². The standard InChI is InChI=1S/C11H26N3O2/c1-14(2,3)8-9-16-11(15)10(13)6-4-5-7-12/h10H,4-9,12-13H2,1-3H3/q+1/t10-/m0/s1. The van der Waals surface area contributed by atoms with Crippen molar-refractivity contribution in [1.82, 2.24) is 0 Å². The van der Waals surface area contributed by atoms with Crippen molar-refractivity contribution in [2.24, 2.45) is 11.5 Å². The molecule has 0 spiro atoms. The van der Waals surface area contributed by atoms with Crippen LogP contribution >= 0.6 is 0 Å². The molecule has 0 unspecified atom stereocenters. The molecule has 0 aliphatic rings. The van der Waals surface area contributed by atoms with E-state index in [1.165, 1.54) is 0 Å². The number of quaternary nitrogens is 1. The van der Waals surface area contributed by atoms with E-state index in [1.54, 1.807) is 0 Å². The van der Waals surface area contributed by atoms with Crippen molar-refractivity contribution in [3.63, 3.8) is 0 Å². The fourth-order valence-corrected chi connectivity index (χ4v) is 1.15. The molecule has 0 radical (unpaired) electrons. The quantitative estimate of drug-likeness (QED) is 0.342. The molecule has 5 nitrogen and oxygen atoms in total. The topological polar surface area (TPSA) is 78.3 Å². The van der Waals surface area contributed by atoms with Crippen LogP contribution in [0.25, 0.3) is 0 Å². The molecule has 0 amide bonds. The number of rotatable bonds is 8. The fraction of sp³-hybridized carbons (Fsp3) is 0.909. The Morgan fingerprint density at radius 3 is 2.44 bits per heavy atom. The summed E-state index contributed by atoms with van der Waals surface area (Å²) in [5.74, 6) is -0.300. The van der Waals surface area contributed by atoms with Crippen molar-refractivity contribution in [2.45, 2.75) is 25.3 Å². The van der Waals surface area contributed by atoms with E-state index in [0.29, 0.717) is 19.6 Å². The normalized spacial score (nSPS) is 13.6. The van der Waals surface area contributed by atoms with Crippen molar-refractivity contribution in [1.29, 1.82) is 0 Å². The van der Waals surface area contributed by atoms with Crippen molar-refractivity contribution in [3.05, 3.63) is 0 Å². The maximum atomic E-state index is 11.4. The second-order valence-electron chi connectivity index (χ2n) is 5.07. The van der Waals surface area contributed by atoms with Gasteiger partial charge in [-0.05, 0) is 19.4 Å². The summed E-state index contributed by atoms with van der Waals surface area (Å²) < 4.78 is 5.87. The molecule has 5 heteroatoms. The minimum Gasteiger partial charge on any atom is -0.459 e. The summed E-state index contributed by atoms with van der Waals surface area (Å²) in [7, 11) is 6.15. The van der Waals surface area contributed by atoms with Crippen LogP contribution in [0.3, 0.4) is 0 Å². The van der Waals surface area contributed by atoms with Gasteiger partial charge < -0.3 is 20.7 Å². The van der Waals surface area contributed by atoms with Gasteiger partial charge in [-0.25, -0.2) is 0 Å². The highest BCUT2D eigenvalue weighted by molar-refractivity contribution is 5.75. The first-order valence-corrected chi connectivity index (χ1v) is 5.79. The molecule has 0 aliphatic carbocycles. The molecule has 0 bridgehead atoms. The molecule has 4 N–H and O–H groups in total. The van der Waals surface area contributed by atoms with E-state index in [9.17, 15) is 4.79 Å². The smallest absolute Gasteiger partial charge is 0.323 e. The summed E-state index contributed by atoms with van der Waals surface area (Å²) in [6, 6.07) is -0.501. The van der Waals surface area contributed by atoms with Crippen LogP contribution in [0.15, 0.2) is 0 Å². The SMILES string of the molecule is C[N+](C)(C)CCOC(=O)[C@@H](N)CCCCN. The van der Waals surface area contributed by atoms with Gasteiger partial charge in [-0.2, -0.15) is 0 Å². The number of esters is 1. The summed E-state index contributed by atoms with van der Waals surface area (Å²) >= 11 is 0. The monoisotopic (exact) mass is 232 g/mol. The molecule has 0 aliphatic heterocycles. The Morgan fingerprint density at radius 1 is 1.31 bits per heavy atom. The van der Waals surface area contributed by atoms with E-state index in [0.717, 1.165) is 23.9 Å². The second kappa shape index (κ2) is 7.60. The van der Waals surface area contributed by atoms with Gasteiger partial charge in [0, 0.05) is 0 Å². The maximum absolute atomic E-state index is 11.4. The van der Waals surface area contributed by atoms with Gasteiger partial charge in [-0.15, -0.1) is 0 Å². The van der Waals surface area contributed by atoms with Crippen LogP contribution in [-0.4, -0.2) is 57.3 Å². The molecule has 0 aromatic rings. The molecule has 0 saturated carbocycles. The van der Waals surface area contributed by atoms with E-state index in [2.05, 4.69) is 21.1 Å². The predicted octanol–water partition coefficient (Wildman–Crippen LogP) is -0.308. The largest absolute Gasteiger partial charge is 0.459 e. The third-order valence-corrected chi connectivity index (χ3v) is 2.28. The Labute approximate surface area is 98.3 Å². The third-order valence-electron chi connectivity index (χ3n) is 2.28. The van der Waals surface area contributed by atoms with E-state index in [-0.39, 0.29) is 5.97 Å². The predicted molar refractivity (Wildman–Crippen MR) is 64.7 cm³/mol. The second-order valence-corrected chi connectivity index (χ2v) is 5.07. The molecular formula is C11H26N3O2+. The zero-order valence-corrected chi connectivity index (χ0v) is 10.7. The summed E-state index contributed by atoms with van der Waals surface area (Å²) in [6.07, 6.45) is 2.43. The first kappa shape index (κ1) is 15.3. The zero-order chi connectivity index (χ0) is 12.6. The van der Waals surface area contributed by atoms with Gasteiger partial charge in [-0.3, -0.25) is 4.79 Å². The number of nitrogens with zero attached hydrogens (tertiary/aromatic N) is 1. The minimum absolute atomic E-state index is 0.300. The molecule has 0 aromatic heterocycles. The zero-order valence-electron chi connectivity index (χ0n) is 10.7. The third kappa shape index (κ3) is 8.64. The van der Waals surface area contributed by atoms with Gasteiger partial charge in [0.1, 0.15) is 19.2 Å². The van der Waals surface area contributed by atoms with Gasteiger partial charge in [-0.1, -0.05) is 6.42 Å². The van der Waals surface area contributed by atoms with E-state index in [4.69, 9.17) is 16.2 Å². The molecule has 0 heterocycles. The number of likely N-dealkylation sites (N-methyl/N-ethyl adjacent to an activating group) is 1. The molecule has 0 saturated heterocycles. The maximum Gasteiger partial charge on any atom is 0.323 e. The van der Waals surface area contributed by atoms with Crippen LogP contribution in [0, 0.1) is 0 Å². The highest BCUT2D eigenvalue weighted by Crippen LogP contribution is 2.00. The molecule has 96 valence electrons. The molecule has 0 aromatic carbocycles. The van der Waals surface area contributed by atoms with Crippen molar-refractivity contribution < 1.29 is 14.0 Å². The van der Waals surface area contributed by atoms with Crippen LogP contribution in [0.5, 0.6) is 0 Å². The number of unbranched alkanes of at least 4 members (excludes halogenated alkanes) is 1. The summed E-state index contributed by atoms with van der Waals surface area (Å²) in [5.41, 5.74) is 11.0. The Hall–Kier alpha value is -0.650. The minimum atomic E-state index is -0.501. The average Bonchev–Trinajstić information content (AvgIpc) is 2.15. The molecule has 1 atom stereocenters. The van der Waals surface area contributed by atoms with Crippen molar-refractivity contribution in [3.8, 4) is 0 Å². The number of carbonyl (C=O) groups is 1. The first-order valence-electron chi connectivity index (χ1n) is 5.79. The summed E-state index contributed by atoms with van der Waals surface area (Å²) in [5, 5.41) is 0. The van der Waals surface area contributed by atoms with Gasteiger partial charge in [0.15, 0.2) is 0 Å². The van der Waals surface area contributed by atoms with Gasteiger partial charge >= 0.3 is 5.97 Å². The van der Waals surface area contributed by atoms with Gasteiger partial charge in [0.05, 0.1) is 21.1 Å². The summed E-state index contributed by atoms with van der Waals surface area (Å²) in [6.45, 7) is 1.86. The van der Waals surface area contributed by atoms with E-state index < -0.39 is 6.04 Å². The fourth-order valence-electron chi connectivity index (χ4n) is 1.15. The van der Waals surface area contributed by atoms with Gasteiger partial charge in [0.2, 0.25) is 0 Å². The van der Waals surface area contributed by atoms with Crippen LogP contribution < -0.4 is 11.5 Å². The Morgan fingerprint density at radius 2 is 1.94 bits per heavy atom. The van der Waals surface area contributed by atoms with Crippen LogP contribution in [0.4, 0.5) is 0 Å². The number of hydrogen-bond acceptors (Lipinski definition) is 4. The molecule has 0 fully saturated rings. The van der Waals surface area contributed by atoms with Crippen LogP contribution in [0.2, 0.25) is 0 Å². The highest BCUT2D eigenvalue weighted by atomic mass is 16.5. The molecular weight excluding hydrogens is 206 g/mol. The lowest BCUT2D eigenvalue weighted by molar-refractivity contribution is -0.870. The van der Waals surface area contributed by atoms with E-state index >= 15 is 0 Å². The molecule has 16 heavy (non-hydrogen) atoms. The van der Waals surface area contributed by atoms with Crippen molar-refractivity contribution in [2.75, 3.05) is 40.8 Å². The Kier molecular flexibility index (Phi) is 7.29. The lowest BCUT2D eigenvalue weighted by atomic mass is 10.1. The van der Waals surface area contributed by atoms with E-state index in [1.807, 2.05) is 0 Å². The number of ether oxygens (including phenoxy) is 1. The Bertz CT molecular complexity index is 202. The molecule has 0 rings (SSSR count). The highest BCUT2D eigenvalue weighted by Gasteiger charge is 2.15. The number of carbonyl (C=O) groups excluding carboxylic acids is 1. The van der Waals surface area contributed by atoms with Gasteiger partial charge in [0.25, 0.3) is 0 Å². The van der Waals surface area contributed by atoms with Crippen LogP contribution in [0.1, 0.15) is 19.3 Å². The first-order chi connectivity index (χ1) is 7.37. The van der Waals surface area contributed by atoms with Crippen LogP contribution in [-0.2, 0) is 9.53 Å². The lowest BCUT2D eigenvalue weighted by Crippen LogP contribution is -2.40. The summed E-state index contributed by atoms with van der Waals surface area (Å²) in [4.78, 5) is 11.4. The Balaban J connectivity index is 3.63. The number of hydrogen-bond donors (Lipinski definition) is 2.